The molecule has 1 amide bonds. The fourth-order valence-corrected chi connectivity index (χ4v) is 3.48. The molecule has 6 heteroatoms. The first kappa shape index (κ1) is 16.1. The van der Waals surface area contributed by atoms with Gasteiger partial charge in [0.2, 0.25) is 0 Å². The first-order valence-electron chi connectivity index (χ1n) is 8.94. The number of carbonyl (C=O) groups is 1. The van der Waals surface area contributed by atoms with E-state index in [9.17, 15) is 4.79 Å². The van der Waals surface area contributed by atoms with Gasteiger partial charge in [-0.2, -0.15) is 5.10 Å². The van der Waals surface area contributed by atoms with E-state index < -0.39 is 0 Å². The van der Waals surface area contributed by atoms with Gasteiger partial charge in [-0.25, -0.2) is 0 Å². The molecule has 132 valence electrons. The van der Waals surface area contributed by atoms with E-state index in [-0.39, 0.29) is 11.9 Å². The molecule has 1 atom stereocenters. The van der Waals surface area contributed by atoms with Gasteiger partial charge in [-0.3, -0.25) is 9.89 Å². The maximum atomic E-state index is 12.7. The lowest BCUT2D eigenvalue weighted by molar-refractivity contribution is 0.0938. The van der Waals surface area contributed by atoms with Crippen LogP contribution in [0.15, 0.2) is 30.5 Å². The van der Waals surface area contributed by atoms with Gasteiger partial charge in [0.05, 0.1) is 24.6 Å². The molecule has 2 fully saturated rings. The third-order valence-corrected chi connectivity index (χ3v) is 5.08. The van der Waals surface area contributed by atoms with Crippen molar-refractivity contribution in [2.24, 2.45) is 5.92 Å². The molecule has 1 aliphatic heterocycles. The quantitative estimate of drug-likeness (QED) is 0.846. The summed E-state index contributed by atoms with van der Waals surface area (Å²) in [5.41, 5.74) is 2.25. The van der Waals surface area contributed by atoms with Crippen LogP contribution in [-0.2, 0) is 0 Å². The Hall–Kier alpha value is -2.34. The highest BCUT2D eigenvalue weighted by atomic mass is 16.5. The van der Waals surface area contributed by atoms with Crippen LogP contribution in [0.3, 0.4) is 0 Å². The molecule has 1 aliphatic carbocycles. The number of aromatic nitrogens is 2. The molecule has 2 heterocycles. The average Bonchev–Trinajstić information content (AvgIpc) is 3.12. The molecular formula is C19H24N4O2. The van der Waals surface area contributed by atoms with E-state index in [4.69, 9.17) is 4.74 Å². The highest BCUT2D eigenvalue weighted by Gasteiger charge is 2.30. The Kier molecular flexibility index (Phi) is 4.44. The molecule has 25 heavy (non-hydrogen) atoms. The third-order valence-electron chi connectivity index (χ3n) is 5.08. The number of amides is 1. The van der Waals surface area contributed by atoms with Crippen molar-refractivity contribution in [3.05, 3.63) is 36.0 Å². The highest BCUT2D eigenvalue weighted by molar-refractivity contribution is 5.99. The first-order valence-corrected chi connectivity index (χ1v) is 8.94. The largest absolute Gasteiger partial charge is 0.497 e. The second kappa shape index (κ2) is 6.88. The lowest BCUT2D eigenvalue weighted by atomic mass is 10.1. The Labute approximate surface area is 147 Å². The number of H-pyrrole nitrogens is 1. The van der Waals surface area contributed by atoms with Crippen LogP contribution in [0.1, 0.15) is 29.6 Å². The summed E-state index contributed by atoms with van der Waals surface area (Å²) >= 11 is 0. The molecule has 2 aliphatic rings. The summed E-state index contributed by atoms with van der Waals surface area (Å²) < 4.78 is 5.18. The van der Waals surface area contributed by atoms with Gasteiger partial charge < -0.3 is 15.0 Å². The first-order chi connectivity index (χ1) is 12.2. The van der Waals surface area contributed by atoms with Crippen LogP contribution in [0.25, 0.3) is 11.3 Å². The Morgan fingerprint density at radius 3 is 2.84 bits per heavy atom. The minimum atomic E-state index is -0.0576. The third kappa shape index (κ3) is 3.69. The van der Waals surface area contributed by atoms with Crippen molar-refractivity contribution >= 4 is 5.91 Å². The SMILES string of the molecule is COc1ccc(-c2[nH]ncc2C(=O)N[C@H]2CCN(CC3CC3)C2)cc1. The zero-order valence-electron chi connectivity index (χ0n) is 14.5. The molecule has 1 aromatic heterocycles. The summed E-state index contributed by atoms with van der Waals surface area (Å²) in [4.78, 5) is 15.2. The fraction of sp³-hybridized carbons (Fsp3) is 0.474. The topological polar surface area (TPSA) is 70.2 Å². The van der Waals surface area contributed by atoms with Crippen molar-refractivity contribution in [3.63, 3.8) is 0 Å². The highest BCUT2D eigenvalue weighted by Crippen LogP contribution is 2.31. The van der Waals surface area contributed by atoms with Gasteiger partial charge in [0, 0.05) is 31.2 Å². The van der Waals surface area contributed by atoms with Crippen molar-refractivity contribution in [3.8, 4) is 17.0 Å². The van der Waals surface area contributed by atoms with E-state index >= 15 is 0 Å². The fourth-order valence-electron chi connectivity index (χ4n) is 3.48. The molecule has 0 spiro atoms. The molecule has 1 saturated heterocycles. The number of nitrogens with zero attached hydrogens (tertiary/aromatic N) is 2. The maximum absolute atomic E-state index is 12.7. The van der Waals surface area contributed by atoms with Crippen molar-refractivity contribution in [2.45, 2.75) is 25.3 Å². The van der Waals surface area contributed by atoms with Crippen LogP contribution in [-0.4, -0.2) is 53.8 Å². The van der Waals surface area contributed by atoms with E-state index in [1.54, 1.807) is 13.3 Å². The van der Waals surface area contributed by atoms with Gasteiger partial charge in [-0.15, -0.1) is 0 Å². The van der Waals surface area contributed by atoms with E-state index in [1.165, 1.54) is 19.4 Å². The molecule has 2 aromatic rings. The molecule has 6 nitrogen and oxygen atoms in total. The smallest absolute Gasteiger partial charge is 0.255 e. The number of aromatic amines is 1. The zero-order chi connectivity index (χ0) is 17.2. The Balaban J connectivity index is 1.41. The summed E-state index contributed by atoms with van der Waals surface area (Å²) in [6.07, 6.45) is 5.36. The Bertz CT molecular complexity index is 736. The summed E-state index contributed by atoms with van der Waals surface area (Å²) in [5.74, 6) is 1.62. The van der Waals surface area contributed by atoms with Gasteiger partial charge in [-0.05, 0) is 49.4 Å². The number of hydrogen-bond donors (Lipinski definition) is 2. The number of methoxy groups -OCH3 is 1. The normalized spacial score (nSPS) is 20.6. The van der Waals surface area contributed by atoms with Crippen LogP contribution in [0.4, 0.5) is 0 Å². The number of hydrogen-bond acceptors (Lipinski definition) is 4. The van der Waals surface area contributed by atoms with Gasteiger partial charge in [0.15, 0.2) is 0 Å². The monoisotopic (exact) mass is 340 g/mol. The van der Waals surface area contributed by atoms with Crippen LogP contribution in [0.2, 0.25) is 0 Å². The molecular weight excluding hydrogens is 316 g/mol. The summed E-state index contributed by atoms with van der Waals surface area (Å²) in [7, 11) is 1.64. The van der Waals surface area contributed by atoms with Crippen LogP contribution < -0.4 is 10.1 Å². The van der Waals surface area contributed by atoms with Crippen LogP contribution in [0, 0.1) is 5.92 Å². The van der Waals surface area contributed by atoms with Crippen molar-refractivity contribution in [1.29, 1.82) is 0 Å². The minimum Gasteiger partial charge on any atom is -0.497 e. The van der Waals surface area contributed by atoms with Gasteiger partial charge in [0.1, 0.15) is 5.75 Å². The molecule has 0 unspecified atom stereocenters. The Morgan fingerprint density at radius 1 is 1.32 bits per heavy atom. The molecule has 1 aromatic carbocycles. The lowest BCUT2D eigenvalue weighted by Gasteiger charge is -2.16. The summed E-state index contributed by atoms with van der Waals surface area (Å²) in [6, 6.07) is 7.84. The molecule has 0 radical (unpaired) electrons. The van der Waals surface area contributed by atoms with E-state index in [1.807, 2.05) is 24.3 Å². The van der Waals surface area contributed by atoms with E-state index in [2.05, 4.69) is 20.4 Å². The average molecular weight is 340 g/mol. The minimum absolute atomic E-state index is 0.0576. The second-order valence-electron chi connectivity index (χ2n) is 7.05. The molecule has 4 rings (SSSR count). The van der Waals surface area contributed by atoms with E-state index in [0.717, 1.165) is 42.4 Å². The van der Waals surface area contributed by atoms with Crippen molar-refractivity contribution < 1.29 is 9.53 Å². The van der Waals surface area contributed by atoms with Crippen molar-refractivity contribution in [2.75, 3.05) is 26.7 Å². The molecule has 2 N–H and O–H groups in total. The standard InChI is InChI=1S/C19H24N4O2/c1-25-16-6-4-14(5-7-16)18-17(10-20-22-18)19(24)21-15-8-9-23(12-15)11-13-2-3-13/h4-7,10,13,15H,2-3,8-9,11-12H2,1H3,(H,20,22)(H,21,24)/t15-/m0/s1. The number of likely N-dealkylation sites (tertiary alicyclic amines) is 1. The Morgan fingerprint density at radius 2 is 2.12 bits per heavy atom. The maximum Gasteiger partial charge on any atom is 0.255 e. The predicted molar refractivity (Wildman–Crippen MR) is 95.6 cm³/mol. The van der Waals surface area contributed by atoms with E-state index in [0.29, 0.717) is 5.56 Å². The number of benzene rings is 1. The number of carbonyl (C=O) groups excluding carboxylic acids is 1. The molecule has 0 bridgehead atoms. The second-order valence-corrected chi connectivity index (χ2v) is 7.05. The number of nitrogens with one attached hydrogen (secondary N) is 2. The zero-order valence-corrected chi connectivity index (χ0v) is 14.5. The van der Waals surface area contributed by atoms with Crippen molar-refractivity contribution in [1.82, 2.24) is 20.4 Å². The molecule has 1 saturated carbocycles. The van der Waals surface area contributed by atoms with Gasteiger partial charge in [-0.1, -0.05) is 0 Å². The van der Waals surface area contributed by atoms with Crippen LogP contribution in [0.5, 0.6) is 5.75 Å². The van der Waals surface area contributed by atoms with Gasteiger partial charge >= 0.3 is 0 Å². The summed E-state index contributed by atoms with van der Waals surface area (Å²) in [5, 5.41) is 10.2. The number of ether oxygens (including phenoxy) is 1. The predicted octanol–water partition coefficient (Wildman–Crippen LogP) is 2.30. The lowest BCUT2D eigenvalue weighted by Crippen LogP contribution is -2.37. The van der Waals surface area contributed by atoms with Gasteiger partial charge in [0.25, 0.3) is 5.91 Å². The number of rotatable bonds is 6. The summed E-state index contributed by atoms with van der Waals surface area (Å²) in [6.45, 7) is 3.23. The van der Waals surface area contributed by atoms with Crippen LogP contribution >= 0.6 is 0 Å².